The minimum Gasteiger partial charge on any atom is -0.504 e. The van der Waals surface area contributed by atoms with Crippen molar-refractivity contribution in [2.24, 2.45) is 11.8 Å². The Morgan fingerprint density at radius 1 is 0.731 bits per heavy atom. The molecule has 0 saturated carbocycles. The van der Waals surface area contributed by atoms with E-state index in [-0.39, 0.29) is 36.5 Å². The standard InChI is InChI=1S/C20H26O6/c1-25-19-9-13(3-5-17(19)23)7-15(11-21)16(12-22)8-14-4-6-18(24)20(10-14)26-2/h3-6,9-10,15-16,21-24H,7-8,11-12H2,1-2H3/t15-,16-/m1/s1. The summed E-state index contributed by atoms with van der Waals surface area (Å²) in [7, 11) is 2.97. The highest BCUT2D eigenvalue weighted by Crippen LogP contribution is 2.31. The molecule has 0 bridgehead atoms. The Balaban J connectivity index is 2.15. The predicted molar refractivity (Wildman–Crippen MR) is 97.9 cm³/mol. The summed E-state index contributed by atoms with van der Waals surface area (Å²) in [5.41, 5.74) is 1.81. The second-order valence-electron chi connectivity index (χ2n) is 6.31. The van der Waals surface area contributed by atoms with Crippen LogP contribution in [0.25, 0.3) is 0 Å². The fraction of sp³-hybridized carbons (Fsp3) is 0.400. The highest BCUT2D eigenvalue weighted by molar-refractivity contribution is 5.43. The van der Waals surface area contributed by atoms with Crippen LogP contribution in [0.3, 0.4) is 0 Å². The van der Waals surface area contributed by atoms with Crippen LogP contribution >= 0.6 is 0 Å². The molecular formula is C20H26O6. The highest BCUT2D eigenvalue weighted by Gasteiger charge is 2.22. The molecule has 142 valence electrons. The number of ether oxygens (including phenoxy) is 2. The highest BCUT2D eigenvalue weighted by atomic mass is 16.5. The Morgan fingerprint density at radius 3 is 1.42 bits per heavy atom. The van der Waals surface area contributed by atoms with Crippen LogP contribution in [-0.2, 0) is 12.8 Å². The molecule has 0 heterocycles. The minimum atomic E-state index is -0.172. The van der Waals surface area contributed by atoms with Gasteiger partial charge >= 0.3 is 0 Å². The molecule has 0 amide bonds. The molecule has 0 spiro atoms. The van der Waals surface area contributed by atoms with Crippen molar-refractivity contribution in [3.8, 4) is 23.0 Å². The Bertz CT molecular complexity index is 654. The molecule has 2 atom stereocenters. The van der Waals surface area contributed by atoms with Crippen LogP contribution in [0.1, 0.15) is 11.1 Å². The summed E-state index contributed by atoms with van der Waals surface area (Å²) in [6.07, 6.45) is 1.07. The number of aliphatic hydroxyl groups excluding tert-OH is 2. The molecule has 6 heteroatoms. The lowest BCUT2D eigenvalue weighted by Crippen LogP contribution is -2.26. The number of aliphatic hydroxyl groups is 2. The van der Waals surface area contributed by atoms with E-state index in [9.17, 15) is 20.4 Å². The van der Waals surface area contributed by atoms with Gasteiger partial charge in [-0.15, -0.1) is 0 Å². The van der Waals surface area contributed by atoms with E-state index >= 15 is 0 Å². The number of phenolic OH excluding ortho intramolecular Hbond substituents is 2. The smallest absolute Gasteiger partial charge is 0.160 e. The van der Waals surface area contributed by atoms with Gasteiger partial charge < -0.3 is 29.9 Å². The van der Waals surface area contributed by atoms with Crippen LogP contribution in [-0.4, -0.2) is 47.9 Å². The van der Waals surface area contributed by atoms with Crippen molar-refractivity contribution in [1.29, 1.82) is 0 Å². The first-order chi connectivity index (χ1) is 12.5. The molecule has 6 nitrogen and oxygen atoms in total. The first kappa shape index (κ1) is 19.9. The van der Waals surface area contributed by atoms with E-state index in [1.54, 1.807) is 36.4 Å². The second-order valence-corrected chi connectivity index (χ2v) is 6.31. The first-order valence-corrected chi connectivity index (χ1v) is 8.45. The number of hydrogen-bond acceptors (Lipinski definition) is 6. The molecule has 0 aliphatic heterocycles. The molecule has 0 radical (unpaired) electrons. The zero-order valence-electron chi connectivity index (χ0n) is 15.1. The summed E-state index contributed by atoms with van der Waals surface area (Å²) < 4.78 is 10.2. The van der Waals surface area contributed by atoms with Crippen molar-refractivity contribution in [2.45, 2.75) is 12.8 Å². The molecule has 2 aromatic rings. The number of benzene rings is 2. The van der Waals surface area contributed by atoms with Crippen molar-refractivity contribution in [2.75, 3.05) is 27.4 Å². The monoisotopic (exact) mass is 362 g/mol. The van der Waals surface area contributed by atoms with Gasteiger partial charge in [0, 0.05) is 13.2 Å². The Kier molecular flexibility index (Phi) is 7.12. The van der Waals surface area contributed by atoms with Gasteiger partial charge in [-0.05, 0) is 60.1 Å². The van der Waals surface area contributed by atoms with Gasteiger partial charge in [-0.2, -0.15) is 0 Å². The van der Waals surface area contributed by atoms with Gasteiger partial charge in [-0.1, -0.05) is 12.1 Å². The molecule has 2 aromatic carbocycles. The number of aromatic hydroxyl groups is 2. The fourth-order valence-electron chi connectivity index (χ4n) is 3.06. The molecule has 0 aromatic heterocycles. The van der Waals surface area contributed by atoms with Gasteiger partial charge in [-0.25, -0.2) is 0 Å². The summed E-state index contributed by atoms with van der Waals surface area (Å²) in [4.78, 5) is 0. The third kappa shape index (κ3) is 4.80. The van der Waals surface area contributed by atoms with Crippen molar-refractivity contribution in [3.05, 3.63) is 47.5 Å². The van der Waals surface area contributed by atoms with Crippen molar-refractivity contribution in [1.82, 2.24) is 0 Å². The first-order valence-electron chi connectivity index (χ1n) is 8.45. The largest absolute Gasteiger partial charge is 0.504 e. The molecule has 2 rings (SSSR count). The number of phenols is 2. The summed E-state index contributed by atoms with van der Waals surface area (Å²) >= 11 is 0. The van der Waals surface area contributed by atoms with Crippen LogP contribution in [0.5, 0.6) is 23.0 Å². The number of rotatable bonds is 9. The quantitative estimate of drug-likeness (QED) is 0.545. The van der Waals surface area contributed by atoms with E-state index in [1.165, 1.54) is 14.2 Å². The normalized spacial score (nSPS) is 13.2. The van der Waals surface area contributed by atoms with E-state index in [1.807, 2.05) is 0 Å². The summed E-state index contributed by atoms with van der Waals surface area (Å²) in [5.74, 6) is 0.535. The third-order valence-electron chi connectivity index (χ3n) is 4.62. The van der Waals surface area contributed by atoms with E-state index in [0.29, 0.717) is 24.3 Å². The molecule has 26 heavy (non-hydrogen) atoms. The van der Waals surface area contributed by atoms with Crippen LogP contribution in [0.4, 0.5) is 0 Å². The average Bonchev–Trinajstić information content (AvgIpc) is 2.66. The van der Waals surface area contributed by atoms with E-state index in [4.69, 9.17) is 9.47 Å². The van der Waals surface area contributed by atoms with Gasteiger partial charge in [0.25, 0.3) is 0 Å². The molecule has 4 N–H and O–H groups in total. The van der Waals surface area contributed by atoms with Gasteiger partial charge in [0.15, 0.2) is 23.0 Å². The average molecular weight is 362 g/mol. The van der Waals surface area contributed by atoms with Gasteiger partial charge in [-0.3, -0.25) is 0 Å². The summed E-state index contributed by atoms with van der Waals surface area (Å²) in [5, 5.41) is 39.1. The van der Waals surface area contributed by atoms with Crippen LogP contribution in [0.2, 0.25) is 0 Å². The SMILES string of the molecule is COc1cc(C[C@H](CO)[C@@H](CO)Cc2ccc(O)c(OC)c2)ccc1O. The van der Waals surface area contributed by atoms with Crippen LogP contribution < -0.4 is 9.47 Å². The van der Waals surface area contributed by atoms with E-state index in [2.05, 4.69) is 0 Å². The predicted octanol–water partition coefficient (Wildman–Crippen LogP) is 2.12. The van der Waals surface area contributed by atoms with E-state index < -0.39 is 0 Å². The number of methoxy groups -OCH3 is 2. The van der Waals surface area contributed by atoms with Gasteiger partial charge in [0.05, 0.1) is 14.2 Å². The molecule has 0 fully saturated rings. The topological polar surface area (TPSA) is 99.4 Å². The Labute approximate surface area is 153 Å². The van der Waals surface area contributed by atoms with Gasteiger partial charge in [0.2, 0.25) is 0 Å². The lowest BCUT2D eigenvalue weighted by molar-refractivity contribution is 0.119. The van der Waals surface area contributed by atoms with Crippen LogP contribution in [0.15, 0.2) is 36.4 Å². The lowest BCUT2D eigenvalue weighted by atomic mass is 9.83. The molecule has 0 saturated heterocycles. The van der Waals surface area contributed by atoms with E-state index in [0.717, 1.165) is 11.1 Å². The molecular weight excluding hydrogens is 336 g/mol. The Morgan fingerprint density at radius 2 is 1.12 bits per heavy atom. The Hall–Kier alpha value is -2.44. The maximum atomic E-state index is 9.84. The second kappa shape index (κ2) is 9.31. The van der Waals surface area contributed by atoms with Crippen molar-refractivity contribution < 1.29 is 29.9 Å². The number of hydrogen-bond donors (Lipinski definition) is 4. The van der Waals surface area contributed by atoms with Crippen LogP contribution in [0, 0.1) is 11.8 Å². The van der Waals surface area contributed by atoms with Crippen molar-refractivity contribution >= 4 is 0 Å². The summed E-state index contributed by atoms with van der Waals surface area (Å²) in [6.45, 7) is -0.159. The lowest BCUT2D eigenvalue weighted by Gasteiger charge is -2.24. The fourth-order valence-corrected chi connectivity index (χ4v) is 3.06. The molecule has 0 aliphatic carbocycles. The van der Waals surface area contributed by atoms with Gasteiger partial charge in [0.1, 0.15) is 0 Å². The maximum Gasteiger partial charge on any atom is 0.160 e. The molecule has 0 unspecified atom stereocenters. The maximum absolute atomic E-state index is 9.84. The molecule has 0 aliphatic rings. The minimum absolute atomic E-state index is 0.0618. The summed E-state index contributed by atoms with van der Waals surface area (Å²) in [6, 6.07) is 10.1. The zero-order valence-corrected chi connectivity index (χ0v) is 15.1. The zero-order chi connectivity index (χ0) is 19.1. The van der Waals surface area contributed by atoms with Crippen molar-refractivity contribution in [3.63, 3.8) is 0 Å². The third-order valence-corrected chi connectivity index (χ3v) is 4.62.